The van der Waals surface area contributed by atoms with Crippen molar-refractivity contribution in [1.82, 2.24) is 10.6 Å². The number of carboxylic acid groups (broad SMARTS) is 2. The Bertz CT molecular complexity index is 521. The zero-order chi connectivity index (χ0) is 21.5. The lowest BCUT2D eigenvalue weighted by atomic mass is 9.61. The summed E-state index contributed by atoms with van der Waals surface area (Å²) < 4.78 is 0. The van der Waals surface area contributed by atoms with E-state index in [2.05, 4.69) is 31.4 Å². The molecule has 28 heavy (non-hydrogen) atoms. The Labute approximate surface area is 177 Å². The van der Waals surface area contributed by atoms with Crippen LogP contribution in [0, 0.1) is 11.3 Å². The highest BCUT2D eigenvalue weighted by Gasteiger charge is 2.43. The molecule has 164 valence electrons. The highest BCUT2D eigenvalue weighted by Crippen LogP contribution is 2.46. The van der Waals surface area contributed by atoms with E-state index in [9.17, 15) is 19.8 Å². The van der Waals surface area contributed by atoms with Crippen LogP contribution < -0.4 is 10.6 Å². The van der Waals surface area contributed by atoms with Crippen LogP contribution in [0.1, 0.15) is 67.2 Å². The van der Waals surface area contributed by atoms with E-state index in [1.165, 1.54) is 21.6 Å². The number of hydrogen-bond acceptors (Lipinski definition) is 6. The van der Waals surface area contributed by atoms with Crippen LogP contribution in [0.3, 0.4) is 0 Å². The molecular formula is C20H38N2O4S2. The Morgan fingerprint density at radius 3 is 1.82 bits per heavy atom. The van der Waals surface area contributed by atoms with Gasteiger partial charge in [0.2, 0.25) is 0 Å². The molecule has 0 radical (unpaired) electrons. The molecule has 0 spiro atoms. The molecule has 1 fully saturated rings. The molecule has 0 aliphatic heterocycles. The summed E-state index contributed by atoms with van der Waals surface area (Å²) in [5.41, 5.74) is -0.0297. The predicted octanol–water partition coefficient (Wildman–Crippen LogP) is 3.86. The van der Waals surface area contributed by atoms with E-state index in [-0.39, 0.29) is 17.0 Å². The topological polar surface area (TPSA) is 98.7 Å². The molecule has 8 heteroatoms. The van der Waals surface area contributed by atoms with Gasteiger partial charge >= 0.3 is 11.9 Å². The van der Waals surface area contributed by atoms with E-state index < -0.39 is 24.0 Å². The predicted molar refractivity (Wildman–Crippen MR) is 119 cm³/mol. The second-order valence-electron chi connectivity index (χ2n) is 9.06. The van der Waals surface area contributed by atoms with Crippen LogP contribution in [0.4, 0.5) is 0 Å². The number of aliphatic carboxylic acids is 2. The molecule has 0 heterocycles. The third-order valence-corrected chi connectivity index (χ3v) is 8.38. The van der Waals surface area contributed by atoms with Crippen molar-refractivity contribution in [2.75, 3.05) is 11.5 Å². The van der Waals surface area contributed by atoms with Crippen LogP contribution in [0.5, 0.6) is 0 Å². The van der Waals surface area contributed by atoms with Gasteiger partial charge in [-0.25, -0.2) is 0 Å². The third-order valence-electron chi connectivity index (χ3n) is 5.96. The zero-order valence-corrected chi connectivity index (χ0v) is 19.7. The minimum absolute atomic E-state index is 0.255. The van der Waals surface area contributed by atoms with Crippen LogP contribution in [-0.2, 0) is 9.59 Å². The molecule has 0 aromatic carbocycles. The van der Waals surface area contributed by atoms with Crippen molar-refractivity contribution in [3.8, 4) is 0 Å². The summed E-state index contributed by atoms with van der Waals surface area (Å²) in [5, 5.41) is 25.4. The highest BCUT2D eigenvalue weighted by molar-refractivity contribution is 8.76. The van der Waals surface area contributed by atoms with Crippen LogP contribution in [0.2, 0.25) is 0 Å². The average molecular weight is 435 g/mol. The first-order chi connectivity index (χ1) is 12.9. The standard InChI is InChI=1S/C20H38N2O4S2/c1-7-20(6,8-2)13-9-10-14(13)21-15(17(23)24)11-27-28-12-16(18(25)26)22-19(3,4)5/h13-16,21-22H,7-12H2,1-6H3,(H,23,24)(H,25,26). The zero-order valence-electron chi connectivity index (χ0n) is 18.1. The maximum atomic E-state index is 11.7. The molecular weight excluding hydrogens is 396 g/mol. The minimum Gasteiger partial charge on any atom is -0.480 e. The number of carbonyl (C=O) groups is 2. The van der Waals surface area contributed by atoms with Gasteiger partial charge < -0.3 is 15.5 Å². The lowest BCUT2D eigenvalue weighted by Crippen LogP contribution is -2.56. The lowest BCUT2D eigenvalue weighted by Gasteiger charge is -2.49. The van der Waals surface area contributed by atoms with Crippen molar-refractivity contribution in [2.45, 2.75) is 90.9 Å². The molecule has 0 saturated heterocycles. The molecule has 0 aromatic rings. The lowest BCUT2D eigenvalue weighted by molar-refractivity contribution is -0.140. The average Bonchev–Trinajstić information content (AvgIpc) is 2.57. The molecule has 4 atom stereocenters. The number of rotatable bonds is 13. The van der Waals surface area contributed by atoms with Crippen molar-refractivity contribution >= 4 is 33.5 Å². The summed E-state index contributed by atoms with van der Waals surface area (Å²) >= 11 is 0. The third kappa shape index (κ3) is 7.76. The summed E-state index contributed by atoms with van der Waals surface area (Å²) in [5.74, 6) is -0.392. The summed E-state index contributed by atoms with van der Waals surface area (Å²) in [6.07, 6.45) is 4.39. The van der Waals surface area contributed by atoms with Gasteiger partial charge in [-0.1, -0.05) is 55.2 Å². The second kappa shape index (κ2) is 11.1. The molecule has 1 aliphatic carbocycles. The molecule has 1 aliphatic rings. The molecule has 1 saturated carbocycles. The Kier molecular flexibility index (Phi) is 10.1. The van der Waals surface area contributed by atoms with Gasteiger partial charge in [-0.3, -0.25) is 14.9 Å². The maximum Gasteiger partial charge on any atom is 0.321 e. The molecule has 6 nitrogen and oxygen atoms in total. The molecule has 0 bridgehead atoms. The molecule has 4 unspecified atom stereocenters. The largest absolute Gasteiger partial charge is 0.480 e. The fraction of sp³-hybridized carbons (Fsp3) is 0.900. The quantitative estimate of drug-likeness (QED) is 0.256. The van der Waals surface area contributed by atoms with E-state index in [1.54, 1.807) is 0 Å². The van der Waals surface area contributed by atoms with Crippen LogP contribution in [0.25, 0.3) is 0 Å². The molecule has 1 rings (SSSR count). The SMILES string of the molecule is CCC(C)(CC)C1CCC1NC(CSSCC(NC(C)(C)C)C(=O)O)C(=O)O. The minimum atomic E-state index is -0.883. The first-order valence-corrected chi connectivity index (χ1v) is 12.7. The van der Waals surface area contributed by atoms with Gasteiger partial charge in [0.15, 0.2) is 0 Å². The second-order valence-corrected chi connectivity index (χ2v) is 11.6. The van der Waals surface area contributed by atoms with Crippen molar-refractivity contribution < 1.29 is 19.8 Å². The summed E-state index contributed by atoms with van der Waals surface area (Å²) in [7, 11) is 2.84. The number of carboxylic acids is 2. The van der Waals surface area contributed by atoms with Crippen LogP contribution >= 0.6 is 21.6 Å². The maximum absolute atomic E-state index is 11.7. The first-order valence-electron chi connectivity index (χ1n) is 10.2. The summed E-state index contributed by atoms with van der Waals surface area (Å²) in [6, 6.07) is -1.01. The van der Waals surface area contributed by atoms with Gasteiger partial charge in [0.25, 0.3) is 0 Å². The molecule has 0 amide bonds. The Morgan fingerprint density at radius 1 is 0.964 bits per heavy atom. The van der Waals surface area contributed by atoms with Gasteiger partial charge in [0.05, 0.1) is 0 Å². The Balaban J connectivity index is 2.51. The van der Waals surface area contributed by atoms with Crippen LogP contribution in [-0.4, -0.2) is 57.3 Å². The fourth-order valence-electron chi connectivity index (χ4n) is 3.69. The fourth-order valence-corrected chi connectivity index (χ4v) is 6.01. The number of nitrogens with one attached hydrogen (secondary N) is 2. The molecule has 0 aromatic heterocycles. The smallest absolute Gasteiger partial charge is 0.321 e. The van der Waals surface area contributed by atoms with E-state index in [0.29, 0.717) is 17.4 Å². The van der Waals surface area contributed by atoms with Crippen molar-refractivity contribution in [3.05, 3.63) is 0 Å². The number of hydrogen-bond donors (Lipinski definition) is 4. The van der Waals surface area contributed by atoms with E-state index in [0.717, 1.165) is 25.7 Å². The first kappa shape index (κ1) is 25.6. The van der Waals surface area contributed by atoms with E-state index in [1.807, 2.05) is 20.8 Å². The van der Waals surface area contributed by atoms with Crippen LogP contribution in [0.15, 0.2) is 0 Å². The van der Waals surface area contributed by atoms with Gasteiger partial charge in [0, 0.05) is 23.1 Å². The van der Waals surface area contributed by atoms with Gasteiger partial charge in [-0.05, 0) is 44.9 Å². The highest BCUT2D eigenvalue weighted by atomic mass is 33.1. The normalized spacial score (nSPS) is 22.4. The Morgan fingerprint density at radius 2 is 1.46 bits per heavy atom. The summed E-state index contributed by atoms with van der Waals surface area (Å²) in [4.78, 5) is 23.1. The van der Waals surface area contributed by atoms with E-state index >= 15 is 0 Å². The van der Waals surface area contributed by atoms with Crippen molar-refractivity contribution in [1.29, 1.82) is 0 Å². The van der Waals surface area contributed by atoms with Crippen molar-refractivity contribution in [3.63, 3.8) is 0 Å². The van der Waals surface area contributed by atoms with Crippen molar-refractivity contribution in [2.24, 2.45) is 11.3 Å². The van der Waals surface area contributed by atoms with Gasteiger partial charge in [-0.2, -0.15) is 0 Å². The Hall–Kier alpha value is -0.440. The van der Waals surface area contributed by atoms with Gasteiger partial charge in [-0.15, -0.1) is 0 Å². The van der Waals surface area contributed by atoms with E-state index in [4.69, 9.17) is 0 Å². The van der Waals surface area contributed by atoms with Gasteiger partial charge in [0.1, 0.15) is 12.1 Å². The summed E-state index contributed by atoms with van der Waals surface area (Å²) in [6.45, 7) is 12.5. The monoisotopic (exact) mass is 434 g/mol. The molecule has 4 N–H and O–H groups in total.